The van der Waals surface area contributed by atoms with E-state index in [1.165, 1.54) is 5.38 Å². The summed E-state index contributed by atoms with van der Waals surface area (Å²) in [7, 11) is 0. The molecular formula is C13H12N2O4S. The topological polar surface area (TPSA) is 88.5 Å². The maximum Gasteiger partial charge on any atom is 0.355 e. The number of carboxylic acids is 1. The number of carbonyl (C=O) groups excluding carboxylic acids is 1. The number of aromatic nitrogens is 1. The summed E-state index contributed by atoms with van der Waals surface area (Å²) in [5.41, 5.74) is -0.0779. The van der Waals surface area contributed by atoms with Crippen molar-refractivity contribution in [3.8, 4) is 5.75 Å². The number of carboxylic acid groups (broad SMARTS) is 1. The molecule has 1 aromatic heterocycles. The highest BCUT2D eigenvalue weighted by molar-refractivity contribution is 7.14. The van der Waals surface area contributed by atoms with Crippen molar-refractivity contribution in [2.24, 2.45) is 0 Å². The molecule has 0 saturated carbocycles. The second kappa shape index (κ2) is 6.67. The summed E-state index contributed by atoms with van der Waals surface area (Å²) < 4.78 is 5.39. The number of nitrogens with zero attached hydrogens (tertiary/aromatic N) is 1. The van der Waals surface area contributed by atoms with E-state index in [1.54, 1.807) is 12.1 Å². The average molecular weight is 292 g/mol. The first-order valence-corrected chi connectivity index (χ1v) is 6.69. The summed E-state index contributed by atoms with van der Waals surface area (Å²) in [6, 6.07) is 9.18. The second-order valence-electron chi connectivity index (χ2n) is 3.80. The van der Waals surface area contributed by atoms with Crippen LogP contribution in [0, 0.1) is 0 Å². The van der Waals surface area contributed by atoms with Gasteiger partial charge in [0.25, 0.3) is 0 Å². The minimum Gasteiger partial charge on any atom is -0.493 e. The smallest absolute Gasteiger partial charge is 0.355 e. The SMILES string of the molecule is O=C(CCOc1ccccc1)Nc1nc(C(=O)O)cs1. The van der Waals surface area contributed by atoms with Crippen molar-refractivity contribution in [1.82, 2.24) is 4.98 Å². The van der Waals surface area contributed by atoms with Crippen LogP contribution in [0.3, 0.4) is 0 Å². The van der Waals surface area contributed by atoms with Gasteiger partial charge in [-0.3, -0.25) is 4.79 Å². The molecule has 2 rings (SSSR count). The lowest BCUT2D eigenvalue weighted by Crippen LogP contribution is -2.15. The summed E-state index contributed by atoms with van der Waals surface area (Å²) in [6.07, 6.45) is 0.164. The van der Waals surface area contributed by atoms with E-state index in [-0.39, 0.29) is 29.8 Å². The number of thiazole rings is 1. The van der Waals surface area contributed by atoms with Gasteiger partial charge in [-0.15, -0.1) is 11.3 Å². The molecule has 7 heteroatoms. The van der Waals surface area contributed by atoms with E-state index >= 15 is 0 Å². The van der Waals surface area contributed by atoms with Crippen LogP contribution in [0.5, 0.6) is 5.75 Å². The first-order chi connectivity index (χ1) is 9.65. The van der Waals surface area contributed by atoms with Crippen LogP contribution in [0.25, 0.3) is 0 Å². The van der Waals surface area contributed by atoms with Crippen molar-refractivity contribution in [2.75, 3.05) is 11.9 Å². The Labute approximate surface area is 119 Å². The highest BCUT2D eigenvalue weighted by atomic mass is 32.1. The zero-order valence-corrected chi connectivity index (χ0v) is 11.2. The predicted octanol–water partition coefficient (Wildman–Crippen LogP) is 2.25. The van der Waals surface area contributed by atoms with Crippen LogP contribution in [-0.2, 0) is 4.79 Å². The fourth-order valence-electron chi connectivity index (χ4n) is 1.39. The molecule has 20 heavy (non-hydrogen) atoms. The lowest BCUT2D eigenvalue weighted by molar-refractivity contribution is -0.116. The van der Waals surface area contributed by atoms with Crippen molar-refractivity contribution in [1.29, 1.82) is 0 Å². The van der Waals surface area contributed by atoms with Crippen molar-refractivity contribution < 1.29 is 19.4 Å². The van der Waals surface area contributed by atoms with Crippen LogP contribution in [0.4, 0.5) is 5.13 Å². The van der Waals surface area contributed by atoms with Crippen LogP contribution in [0.2, 0.25) is 0 Å². The zero-order valence-electron chi connectivity index (χ0n) is 10.4. The van der Waals surface area contributed by atoms with Gasteiger partial charge in [0.1, 0.15) is 5.75 Å². The third-order valence-electron chi connectivity index (χ3n) is 2.31. The van der Waals surface area contributed by atoms with Gasteiger partial charge in [0.2, 0.25) is 5.91 Å². The number of anilines is 1. The number of hydrogen-bond donors (Lipinski definition) is 2. The van der Waals surface area contributed by atoms with E-state index in [9.17, 15) is 9.59 Å². The summed E-state index contributed by atoms with van der Waals surface area (Å²) >= 11 is 1.07. The molecular weight excluding hydrogens is 280 g/mol. The van der Waals surface area contributed by atoms with E-state index in [0.29, 0.717) is 5.75 Å². The number of rotatable bonds is 6. The predicted molar refractivity (Wildman–Crippen MR) is 74.3 cm³/mol. The maximum atomic E-state index is 11.6. The second-order valence-corrected chi connectivity index (χ2v) is 4.66. The Bertz CT molecular complexity index is 597. The van der Waals surface area contributed by atoms with Crippen molar-refractivity contribution in [2.45, 2.75) is 6.42 Å². The number of benzene rings is 1. The third kappa shape index (κ3) is 4.06. The Kier molecular flexibility index (Phi) is 4.67. The molecule has 0 spiro atoms. The fourth-order valence-corrected chi connectivity index (χ4v) is 2.09. The van der Waals surface area contributed by atoms with Gasteiger partial charge in [-0.1, -0.05) is 18.2 Å². The number of nitrogens with one attached hydrogen (secondary N) is 1. The molecule has 0 saturated heterocycles. The third-order valence-corrected chi connectivity index (χ3v) is 3.07. The van der Waals surface area contributed by atoms with E-state index < -0.39 is 5.97 Å². The molecule has 2 N–H and O–H groups in total. The molecule has 1 amide bonds. The quantitative estimate of drug-likeness (QED) is 0.852. The molecule has 0 aliphatic carbocycles. The Hall–Kier alpha value is -2.41. The normalized spacial score (nSPS) is 10.0. The molecule has 0 unspecified atom stereocenters. The fraction of sp³-hybridized carbons (Fsp3) is 0.154. The molecule has 104 valence electrons. The van der Waals surface area contributed by atoms with Crippen molar-refractivity contribution in [3.05, 3.63) is 41.4 Å². The van der Waals surface area contributed by atoms with Crippen LogP contribution in [0.1, 0.15) is 16.9 Å². The monoisotopic (exact) mass is 292 g/mol. The van der Waals surface area contributed by atoms with Crippen molar-refractivity contribution >= 4 is 28.3 Å². The zero-order chi connectivity index (χ0) is 14.4. The molecule has 2 aromatic rings. The number of carbonyl (C=O) groups is 2. The van der Waals surface area contributed by atoms with Gasteiger partial charge in [0.05, 0.1) is 13.0 Å². The van der Waals surface area contributed by atoms with Crippen LogP contribution >= 0.6 is 11.3 Å². The number of para-hydroxylation sites is 1. The maximum absolute atomic E-state index is 11.6. The minimum absolute atomic E-state index is 0.0779. The minimum atomic E-state index is -1.12. The average Bonchev–Trinajstić information content (AvgIpc) is 2.88. The van der Waals surface area contributed by atoms with E-state index in [4.69, 9.17) is 9.84 Å². The Morgan fingerprint density at radius 1 is 1.30 bits per heavy atom. The van der Waals surface area contributed by atoms with E-state index in [1.807, 2.05) is 18.2 Å². The first kappa shape index (κ1) is 14.0. The van der Waals surface area contributed by atoms with Gasteiger partial charge in [-0.2, -0.15) is 0 Å². The standard InChI is InChI=1S/C13H12N2O4S/c16-11(6-7-19-9-4-2-1-3-5-9)15-13-14-10(8-20-13)12(17)18/h1-5,8H,6-7H2,(H,17,18)(H,14,15,16). The van der Waals surface area contributed by atoms with Crippen molar-refractivity contribution in [3.63, 3.8) is 0 Å². The van der Waals surface area contributed by atoms with Gasteiger partial charge in [0.15, 0.2) is 10.8 Å². The summed E-state index contributed by atoms with van der Waals surface area (Å²) in [4.78, 5) is 26.0. The number of ether oxygens (including phenoxy) is 1. The van der Waals surface area contributed by atoms with Gasteiger partial charge in [-0.05, 0) is 12.1 Å². The molecule has 0 radical (unpaired) electrons. The van der Waals surface area contributed by atoms with Crippen LogP contribution in [0.15, 0.2) is 35.7 Å². The molecule has 1 aromatic carbocycles. The molecule has 1 heterocycles. The van der Waals surface area contributed by atoms with Gasteiger partial charge < -0.3 is 15.2 Å². The number of hydrogen-bond acceptors (Lipinski definition) is 5. The van der Waals surface area contributed by atoms with E-state index in [0.717, 1.165) is 11.3 Å². The summed E-state index contributed by atoms with van der Waals surface area (Å²) in [5.74, 6) is -0.691. The largest absolute Gasteiger partial charge is 0.493 e. The first-order valence-electron chi connectivity index (χ1n) is 5.81. The summed E-state index contributed by atoms with van der Waals surface area (Å²) in [6.45, 7) is 0.243. The van der Waals surface area contributed by atoms with Gasteiger partial charge in [0, 0.05) is 5.38 Å². The van der Waals surface area contributed by atoms with E-state index in [2.05, 4.69) is 10.3 Å². The molecule has 0 aliphatic rings. The Balaban J connectivity index is 1.76. The molecule has 0 atom stereocenters. The number of aromatic carboxylic acids is 1. The highest BCUT2D eigenvalue weighted by Crippen LogP contribution is 2.15. The summed E-state index contributed by atoms with van der Waals surface area (Å²) in [5, 5.41) is 12.9. The highest BCUT2D eigenvalue weighted by Gasteiger charge is 2.10. The Morgan fingerprint density at radius 3 is 2.70 bits per heavy atom. The van der Waals surface area contributed by atoms with Crippen LogP contribution in [-0.4, -0.2) is 28.6 Å². The van der Waals surface area contributed by atoms with Crippen LogP contribution < -0.4 is 10.1 Å². The Morgan fingerprint density at radius 2 is 2.05 bits per heavy atom. The molecule has 0 fully saturated rings. The van der Waals surface area contributed by atoms with Gasteiger partial charge in [-0.25, -0.2) is 9.78 Å². The molecule has 0 bridgehead atoms. The molecule has 6 nitrogen and oxygen atoms in total. The number of amides is 1. The lowest BCUT2D eigenvalue weighted by Gasteiger charge is -2.05. The molecule has 0 aliphatic heterocycles. The van der Waals surface area contributed by atoms with Gasteiger partial charge >= 0.3 is 5.97 Å². The lowest BCUT2D eigenvalue weighted by atomic mass is 10.3.